The number of aliphatic hydroxyl groups is 1. The van der Waals surface area contributed by atoms with Crippen LogP contribution in [0.25, 0.3) is 11.3 Å². The molecule has 0 radical (unpaired) electrons. The van der Waals surface area contributed by atoms with Crippen molar-refractivity contribution in [2.24, 2.45) is 5.10 Å². The molecule has 2 heterocycles. The summed E-state index contributed by atoms with van der Waals surface area (Å²) >= 11 is 0. The predicted molar refractivity (Wildman–Crippen MR) is 79.2 cm³/mol. The van der Waals surface area contributed by atoms with Gasteiger partial charge in [-0.1, -0.05) is 0 Å². The first-order valence-corrected chi connectivity index (χ1v) is 7.24. The number of rotatable bonds is 4. The molecule has 0 aliphatic carbocycles. The Kier molecular flexibility index (Phi) is 4.48. The lowest BCUT2D eigenvalue weighted by molar-refractivity contribution is -0.164. The summed E-state index contributed by atoms with van der Waals surface area (Å²) < 4.78 is 64.8. The van der Waals surface area contributed by atoms with Crippen LogP contribution in [-0.4, -0.2) is 50.5 Å². The van der Waals surface area contributed by atoms with Gasteiger partial charge in [0.25, 0.3) is 18.8 Å². The van der Waals surface area contributed by atoms with Gasteiger partial charge in [-0.2, -0.15) is 15.2 Å². The van der Waals surface area contributed by atoms with Crippen LogP contribution in [0.2, 0.25) is 0 Å². The third kappa shape index (κ3) is 3.05. The second kappa shape index (κ2) is 6.48. The zero-order valence-electron chi connectivity index (χ0n) is 12.8. The Labute approximate surface area is 142 Å². The van der Waals surface area contributed by atoms with Gasteiger partial charge in [0.15, 0.2) is 0 Å². The molecule has 26 heavy (non-hydrogen) atoms. The molecule has 3 rings (SSSR count). The van der Waals surface area contributed by atoms with E-state index in [1.165, 1.54) is 12.1 Å². The first-order chi connectivity index (χ1) is 12.2. The fourth-order valence-corrected chi connectivity index (χ4v) is 2.42. The number of aromatic amines is 1. The molecular formula is C15H11F5N4O2. The summed E-state index contributed by atoms with van der Waals surface area (Å²) in [6, 6.07) is 6.20. The molecule has 0 unspecified atom stereocenters. The Morgan fingerprint density at radius 1 is 1.23 bits per heavy atom. The largest absolute Gasteiger partial charge is 0.364 e. The average molecular weight is 374 g/mol. The molecule has 0 saturated carbocycles. The third-order valence-corrected chi connectivity index (χ3v) is 3.78. The van der Waals surface area contributed by atoms with E-state index < -0.39 is 42.4 Å². The minimum Gasteiger partial charge on any atom is -0.364 e. The number of alkyl halides is 4. The summed E-state index contributed by atoms with van der Waals surface area (Å²) in [6.07, 6.45) is -7.90. The average Bonchev–Trinajstić information content (AvgIpc) is 3.21. The summed E-state index contributed by atoms with van der Waals surface area (Å²) in [6.45, 7) is 0. The molecule has 1 aliphatic rings. The summed E-state index contributed by atoms with van der Waals surface area (Å²) in [5.74, 6) is -1.75. The van der Waals surface area contributed by atoms with Crippen molar-refractivity contribution >= 4 is 11.6 Å². The van der Waals surface area contributed by atoms with E-state index in [1.54, 1.807) is 0 Å². The van der Waals surface area contributed by atoms with Gasteiger partial charge in [-0.05, 0) is 30.3 Å². The number of carbonyl (C=O) groups is 1. The van der Waals surface area contributed by atoms with Crippen molar-refractivity contribution in [2.75, 3.05) is 0 Å². The highest BCUT2D eigenvalue weighted by molar-refractivity contribution is 5.98. The molecule has 1 atom stereocenters. The lowest BCUT2D eigenvalue weighted by atomic mass is 10.1. The van der Waals surface area contributed by atoms with E-state index >= 15 is 0 Å². The van der Waals surface area contributed by atoms with Gasteiger partial charge in [0.05, 0.1) is 5.69 Å². The number of hydrogen-bond acceptors (Lipinski definition) is 4. The molecule has 6 nitrogen and oxygen atoms in total. The van der Waals surface area contributed by atoms with Crippen LogP contribution < -0.4 is 0 Å². The van der Waals surface area contributed by atoms with Crippen molar-refractivity contribution in [3.05, 3.63) is 41.8 Å². The zero-order chi connectivity index (χ0) is 19.1. The first-order valence-electron chi connectivity index (χ1n) is 7.24. The lowest BCUT2D eigenvalue weighted by Gasteiger charge is -2.29. The van der Waals surface area contributed by atoms with Crippen molar-refractivity contribution in [2.45, 2.75) is 25.0 Å². The minimum atomic E-state index is -3.52. The number of hydrogen-bond donors (Lipinski definition) is 2. The maximum absolute atomic E-state index is 13.2. The van der Waals surface area contributed by atoms with Gasteiger partial charge in [-0.25, -0.2) is 22.0 Å². The van der Waals surface area contributed by atoms with Crippen molar-refractivity contribution < 1.29 is 31.9 Å². The van der Waals surface area contributed by atoms with Crippen LogP contribution in [0.15, 0.2) is 35.4 Å². The van der Waals surface area contributed by atoms with Crippen molar-refractivity contribution in [1.29, 1.82) is 0 Å². The van der Waals surface area contributed by atoms with Crippen LogP contribution >= 0.6 is 0 Å². The van der Waals surface area contributed by atoms with E-state index in [0.29, 0.717) is 5.56 Å². The van der Waals surface area contributed by atoms with Gasteiger partial charge in [0.2, 0.25) is 5.72 Å². The molecule has 1 aliphatic heterocycles. The minimum absolute atomic E-state index is 0.0683. The molecule has 1 aromatic carbocycles. The quantitative estimate of drug-likeness (QED) is 0.808. The standard InChI is InChI=1S/C15H11F5N4O2/c16-8-3-1-7(2-4-8)9-5-10(22-21-9)13(25)24-15(26,14(19)20)6-11(23-24)12(17)18/h1-5,12,14,26H,6H2,(H,21,22)/t15-/m0/s1. The van der Waals surface area contributed by atoms with E-state index in [2.05, 4.69) is 15.3 Å². The molecule has 1 aromatic heterocycles. The molecule has 0 spiro atoms. The SMILES string of the molecule is O=C(c1cc(-c2ccc(F)cc2)n[nH]1)N1N=C(C(F)F)C[C@]1(O)C(F)F. The topological polar surface area (TPSA) is 81.6 Å². The van der Waals surface area contributed by atoms with E-state index in [4.69, 9.17) is 0 Å². The van der Waals surface area contributed by atoms with Gasteiger partial charge in [0, 0.05) is 12.0 Å². The zero-order valence-corrected chi connectivity index (χ0v) is 12.8. The molecule has 1 amide bonds. The van der Waals surface area contributed by atoms with Gasteiger partial charge >= 0.3 is 0 Å². The number of nitrogens with zero attached hydrogens (tertiary/aromatic N) is 3. The van der Waals surface area contributed by atoms with E-state index in [-0.39, 0.29) is 16.4 Å². The summed E-state index contributed by atoms with van der Waals surface area (Å²) in [5.41, 5.74) is -3.96. The molecule has 11 heteroatoms. The molecular weight excluding hydrogens is 363 g/mol. The smallest absolute Gasteiger partial charge is 0.294 e. The Morgan fingerprint density at radius 2 is 1.88 bits per heavy atom. The van der Waals surface area contributed by atoms with Crippen LogP contribution in [0, 0.1) is 5.82 Å². The van der Waals surface area contributed by atoms with Gasteiger partial charge in [-0.15, -0.1) is 0 Å². The Bertz CT molecular complexity index is 852. The number of halogens is 5. The van der Waals surface area contributed by atoms with Gasteiger partial charge < -0.3 is 5.11 Å². The summed E-state index contributed by atoms with van der Waals surface area (Å²) in [5, 5.41) is 19.1. The van der Waals surface area contributed by atoms with Crippen molar-refractivity contribution in [1.82, 2.24) is 15.2 Å². The Balaban J connectivity index is 1.91. The number of benzene rings is 1. The number of H-pyrrole nitrogens is 1. The number of aromatic nitrogens is 2. The molecule has 138 valence electrons. The number of carbonyl (C=O) groups excluding carboxylic acids is 1. The summed E-state index contributed by atoms with van der Waals surface area (Å²) in [4.78, 5) is 12.4. The van der Waals surface area contributed by atoms with Crippen LogP contribution in [0.4, 0.5) is 22.0 Å². The predicted octanol–water partition coefficient (Wildman–Crippen LogP) is 2.64. The fraction of sp³-hybridized carbons (Fsp3) is 0.267. The highest BCUT2D eigenvalue weighted by Crippen LogP contribution is 2.34. The third-order valence-electron chi connectivity index (χ3n) is 3.78. The van der Waals surface area contributed by atoms with E-state index in [9.17, 15) is 31.9 Å². The maximum Gasteiger partial charge on any atom is 0.294 e. The molecule has 2 N–H and O–H groups in total. The van der Waals surface area contributed by atoms with E-state index in [1.807, 2.05) is 0 Å². The number of nitrogens with one attached hydrogen (secondary N) is 1. The normalized spacial score (nSPS) is 20.2. The Morgan fingerprint density at radius 3 is 2.46 bits per heavy atom. The molecule has 0 bridgehead atoms. The van der Waals surface area contributed by atoms with Crippen LogP contribution in [0.1, 0.15) is 16.9 Å². The van der Waals surface area contributed by atoms with Crippen molar-refractivity contribution in [3.8, 4) is 11.3 Å². The monoisotopic (exact) mass is 374 g/mol. The van der Waals surface area contributed by atoms with Gasteiger partial charge in [-0.3, -0.25) is 9.89 Å². The van der Waals surface area contributed by atoms with Crippen LogP contribution in [0.5, 0.6) is 0 Å². The Hall–Kier alpha value is -2.82. The van der Waals surface area contributed by atoms with Crippen LogP contribution in [-0.2, 0) is 0 Å². The number of hydrazone groups is 1. The highest BCUT2D eigenvalue weighted by Gasteiger charge is 2.53. The van der Waals surface area contributed by atoms with E-state index in [0.717, 1.165) is 18.2 Å². The van der Waals surface area contributed by atoms with Crippen LogP contribution in [0.3, 0.4) is 0 Å². The highest BCUT2D eigenvalue weighted by atomic mass is 19.3. The van der Waals surface area contributed by atoms with Gasteiger partial charge in [0.1, 0.15) is 17.2 Å². The second-order valence-corrected chi connectivity index (χ2v) is 5.54. The van der Waals surface area contributed by atoms with Crippen molar-refractivity contribution in [3.63, 3.8) is 0 Å². The second-order valence-electron chi connectivity index (χ2n) is 5.54. The summed E-state index contributed by atoms with van der Waals surface area (Å²) in [7, 11) is 0. The lowest BCUT2D eigenvalue weighted by Crippen LogP contribution is -2.51. The molecule has 0 fully saturated rings. The maximum atomic E-state index is 13.2. The number of amides is 1. The first kappa shape index (κ1) is 18.0. The molecule has 2 aromatic rings. The fourth-order valence-electron chi connectivity index (χ4n) is 2.42. The molecule has 0 saturated heterocycles.